The average molecular weight is 222 g/mol. The monoisotopic (exact) mass is 222 g/mol. The zero-order valence-electron chi connectivity index (χ0n) is 5.60. The van der Waals surface area contributed by atoms with Gasteiger partial charge in [-0.25, -0.2) is 0 Å². The second-order valence-electron chi connectivity index (χ2n) is 2.14. The maximum absolute atomic E-state index is 10.2. The van der Waals surface area contributed by atoms with Crippen LogP contribution in [0.15, 0.2) is 0 Å². The number of aliphatic hydroxyl groups is 2. The summed E-state index contributed by atoms with van der Waals surface area (Å²) in [4.78, 5) is 32.7. The molecule has 0 aromatic heterocycles. The molecule has 0 aliphatic heterocycles. The van der Waals surface area contributed by atoms with Gasteiger partial charge in [0.2, 0.25) is 0 Å². The van der Waals surface area contributed by atoms with Gasteiger partial charge in [0, 0.05) is 0 Å². The van der Waals surface area contributed by atoms with Crippen LogP contribution in [0.5, 0.6) is 0 Å². The molecule has 0 amide bonds. The van der Waals surface area contributed by atoms with Crippen molar-refractivity contribution >= 4 is 15.2 Å². The highest BCUT2D eigenvalue weighted by Gasteiger charge is 2.48. The predicted molar refractivity (Wildman–Crippen MR) is 36.1 cm³/mol. The van der Waals surface area contributed by atoms with E-state index >= 15 is 0 Å². The quantitative estimate of drug-likeness (QED) is 0.236. The molecule has 12 heavy (non-hydrogen) atoms. The summed E-state index contributed by atoms with van der Waals surface area (Å²) >= 11 is 0. The third kappa shape index (κ3) is 3.75. The van der Waals surface area contributed by atoms with Gasteiger partial charge in [0.05, 0.1) is 0 Å². The summed E-state index contributed by atoms with van der Waals surface area (Å²) in [5.41, 5.74) is -3.67. The molecule has 0 heterocycles. The first-order chi connectivity index (χ1) is 4.96. The molecule has 6 N–H and O–H groups in total. The Labute approximate surface area is 66.8 Å². The van der Waals surface area contributed by atoms with Crippen molar-refractivity contribution in [2.75, 3.05) is 6.16 Å². The molecule has 8 nitrogen and oxygen atoms in total. The van der Waals surface area contributed by atoms with Crippen molar-refractivity contribution < 1.29 is 38.9 Å². The predicted octanol–water partition coefficient (Wildman–Crippen LogP) is -2.02. The highest BCUT2D eigenvalue weighted by atomic mass is 31.2. The van der Waals surface area contributed by atoms with Gasteiger partial charge in [0.15, 0.2) is 0 Å². The van der Waals surface area contributed by atoms with Gasteiger partial charge < -0.3 is 29.8 Å². The van der Waals surface area contributed by atoms with Crippen LogP contribution in [0.25, 0.3) is 0 Å². The maximum Gasteiger partial charge on any atom is 0.384 e. The third-order valence-electron chi connectivity index (χ3n) is 0.885. The Kier molecular flexibility index (Phi) is 3.23. The van der Waals surface area contributed by atoms with Gasteiger partial charge in [0.1, 0.15) is 6.16 Å². The highest BCUT2D eigenvalue weighted by Crippen LogP contribution is 2.53. The second-order valence-corrected chi connectivity index (χ2v) is 5.59. The Balaban J connectivity index is 4.68. The summed E-state index contributed by atoms with van der Waals surface area (Å²) in [5, 5.41) is 17.0. The molecular weight excluding hydrogens is 214 g/mol. The van der Waals surface area contributed by atoms with Crippen molar-refractivity contribution in [2.45, 2.75) is 5.53 Å². The first kappa shape index (κ1) is 12.2. The van der Waals surface area contributed by atoms with E-state index in [-0.39, 0.29) is 0 Å². The van der Waals surface area contributed by atoms with Crippen LogP contribution in [0.3, 0.4) is 0 Å². The van der Waals surface area contributed by atoms with Crippen LogP contribution in [0, 0.1) is 0 Å². The highest BCUT2D eigenvalue weighted by molar-refractivity contribution is 7.57. The first-order valence-electron chi connectivity index (χ1n) is 2.51. The van der Waals surface area contributed by atoms with Crippen molar-refractivity contribution in [3.8, 4) is 0 Å². The Morgan fingerprint density at radius 1 is 1.00 bits per heavy atom. The maximum atomic E-state index is 10.2. The zero-order valence-corrected chi connectivity index (χ0v) is 7.39. The van der Waals surface area contributed by atoms with Crippen LogP contribution in [0.2, 0.25) is 0 Å². The zero-order chi connectivity index (χ0) is 10.2. The molecule has 0 aliphatic rings. The number of hydrogen-bond donors (Lipinski definition) is 6. The minimum absolute atomic E-state index is 1.70. The minimum Gasteiger partial charge on any atom is -0.356 e. The Hall–Kier alpha value is 0.220. The Bertz CT molecular complexity index is 244. The normalized spacial score (nSPS) is 14.8. The van der Waals surface area contributed by atoms with E-state index in [9.17, 15) is 9.13 Å². The molecule has 0 rings (SSSR count). The molecule has 0 bridgehead atoms. The standard InChI is InChI=1S/C2H8O8P2/c3-2(4,12(8,9)10)1-11(5,6)7/h3-4H,1H2,(H2,5,6,7)(H2,8,9,10). The average Bonchev–Trinajstić information content (AvgIpc) is 1.52. The van der Waals surface area contributed by atoms with Crippen LogP contribution in [0.1, 0.15) is 0 Å². The van der Waals surface area contributed by atoms with E-state index in [4.69, 9.17) is 29.8 Å². The van der Waals surface area contributed by atoms with Crippen molar-refractivity contribution in [1.29, 1.82) is 0 Å². The van der Waals surface area contributed by atoms with Gasteiger partial charge in [-0.2, -0.15) is 0 Å². The van der Waals surface area contributed by atoms with Crippen LogP contribution >= 0.6 is 15.2 Å². The van der Waals surface area contributed by atoms with Gasteiger partial charge >= 0.3 is 15.2 Å². The first-order valence-corrected chi connectivity index (χ1v) is 5.92. The lowest BCUT2D eigenvalue weighted by atomic mass is 10.8. The van der Waals surface area contributed by atoms with E-state index in [0.717, 1.165) is 0 Å². The molecular formula is C2H8O8P2. The molecule has 10 heteroatoms. The molecule has 0 fully saturated rings. The van der Waals surface area contributed by atoms with Crippen LogP contribution in [-0.4, -0.2) is 41.5 Å². The topological polar surface area (TPSA) is 156 Å². The van der Waals surface area contributed by atoms with Crippen molar-refractivity contribution in [2.24, 2.45) is 0 Å². The molecule has 0 saturated carbocycles. The van der Waals surface area contributed by atoms with Crippen LogP contribution < -0.4 is 0 Å². The summed E-state index contributed by atoms with van der Waals surface area (Å²) in [6.07, 6.45) is -1.70. The van der Waals surface area contributed by atoms with E-state index in [1.165, 1.54) is 0 Å². The Morgan fingerprint density at radius 3 is 1.42 bits per heavy atom. The van der Waals surface area contributed by atoms with Gasteiger partial charge in [-0.05, 0) is 0 Å². The van der Waals surface area contributed by atoms with Gasteiger partial charge in [0.25, 0.3) is 5.53 Å². The fourth-order valence-electron chi connectivity index (χ4n) is 0.368. The lowest BCUT2D eigenvalue weighted by Gasteiger charge is -2.22. The summed E-state index contributed by atoms with van der Waals surface area (Å²) in [6, 6.07) is 0. The van der Waals surface area contributed by atoms with Crippen molar-refractivity contribution in [1.82, 2.24) is 0 Å². The second kappa shape index (κ2) is 3.17. The lowest BCUT2D eigenvalue weighted by molar-refractivity contribution is -0.0867. The van der Waals surface area contributed by atoms with Crippen LogP contribution in [-0.2, 0) is 9.13 Å². The van der Waals surface area contributed by atoms with Crippen LogP contribution in [0.4, 0.5) is 0 Å². The molecule has 0 spiro atoms. The molecule has 0 aliphatic carbocycles. The van der Waals surface area contributed by atoms with Gasteiger partial charge in [-0.15, -0.1) is 0 Å². The van der Waals surface area contributed by atoms with E-state index in [1.807, 2.05) is 0 Å². The van der Waals surface area contributed by atoms with E-state index in [1.54, 1.807) is 0 Å². The molecule has 0 unspecified atom stereocenters. The number of hydrogen-bond acceptors (Lipinski definition) is 4. The van der Waals surface area contributed by atoms with Gasteiger partial charge in [-0.1, -0.05) is 0 Å². The fraction of sp³-hybridized carbons (Fsp3) is 1.00. The molecule has 0 aromatic rings. The molecule has 0 atom stereocenters. The summed E-state index contributed by atoms with van der Waals surface area (Å²) in [5.74, 6) is 0. The van der Waals surface area contributed by atoms with Crippen molar-refractivity contribution in [3.63, 3.8) is 0 Å². The van der Waals surface area contributed by atoms with E-state index in [2.05, 4.69) is 0 Å². The van der Waals surface area contributed by atoms with E-state index < -0.39 is 26.9 Å². The SMILES string of the molecule is O=P(O)(O)CC(O)(O)P(=O)(O)O. The Morgan fingerprint density at radius 2 is 1.33 bits per heavy atom. The largest absolute Gasteiger partial charge is 0.384 e. The molecule has 74 valence electrons. The summed E-state index contributed by atoms with van der Waals surface area (Å²) in [6.45, 7) is 0. The molecule has 0 aromatic carbocycles. The molecule has 0 radical (unpaired) electrons. The fourth-order valence-corrected chi connectivity index (χ4v) is 2.21. The third-order valence-corrected chi connectivity index (χ3v) is 3.08. The van der Waals surface area contributed by atoms with Crippen molar-refractivity contribution in [3.05, 3.63) is 0 Å². The summed E-state index contributed by atoms with van der Waals surface area (Å²) < 4.78 is 20.3. The number of rotatable bonds is 3. The lowest BCUT2D eigenvalue weighted by Crippen LogP contribution is -2.32. The summed E-state index contributed by atoms with van der Waals surface area (Å²) in [7, 11) is -10.2. The smallest absolute Gasteiger partial charge is 0.356 e. The minimum atomic E-state index is -5.35. The van der Waals surface area contributed by atoms with Gasteiger partial charge in [-0.3, -0.25) is 9.13 Å². The molecule has 0 saturated heterocycles. The van der Waals surface area contributed by atoms with E-state index in [0.29, 0.717) is 0 Å².